The highest BCUT2D eigenvalue weighted by molar-refractivity contribution is 7.92. The number of anilines is 1. The molecule has 0 fully saturated rings. The molecular weight excluding hydrogens is 349 g/mol. The third-order valence-electron chi connectivity index (χ3n) is 3.19. The highest BCUT2D eigenvalue weighted by atomic mass is 32.2. The molecule has 1 N–H and O–H groups in total. The maximum atomic E-state index is 13.1. The van der Waals surface area contributed by atoms with Gasteiger partial charge in [-0.05, 0) is 49.4 Å². The molecule has 132 valence electrons. The Hall–Kier alpha value is -2.74. The quantitative estimate of drug-likeness (QED) is 0.628. The van der Waals surface area contributed by atoms with E-state index in [1.807, 2.05) is 0 Å². The van der Waals surface area contributed by atoms with Crippen molar-refractivity contribution in [3.8, 4) is 0 Å². The van der Waals surface area contributed by atoms with Crippen LogP contribution in [0.15, 0.2) is 48.5 Å². The Kier molecular flexibility index (Phi) is 5.53. The van der Waals surface area contributed by atoms with Gasteiger partial charge in [-0.2, -0.15) is 0 Å². The lowest BCUT2D eigenvalue weighted by Gasteiger charge is -2.13. The molecule has 0 spiro atoms. The first kappa shape index (κ1) is 18.6. The minimum atomic E-state index is -3.41. The topological polar surface area (TPSA) is 89.5 Å². The number of carbonyl (C=O) groups is 2. The molecule has 2 aromatic rings. The molecule has 0 aliphatic rings. The third-order valence-corrected chi connectivity index (χ3v) is 3.79. The largest absolute Gasteiger partial charge is 0.451 e. The van der Waals surface area contributed by atoms with Crippen LogP contribution < -0.4 is 4.72 Å². The normalized spacial score (nSPS) is 12.3. The van der Waals surface area contributed by atoms with Crippen molar-refractivity contribution in [2.75, 3.05) is 11.0 Å². The van der Waals surface area contributed by atoms with Gasteiger partial charge in [0.15, 0.2) is 6.10 Å². The Bertz CT molecular complexity index is 894. The number of nitrogens with one attached hydrogen (secondary N) is 1. The molecule has 1 atom stereocenters. The van der Waals surface area contributed by atoms with Crippen molar-refractivity contribution in [2.45, 2.75) is 13.0 Å². The average molecular weight is 365 g/mol. The van der Waals surface area contributed by atoms with Gasteiger partial charge in [-0.1, -0.05) is 6.07 Å². The van der Waals surface area contributed by atoms with E-state index in [0.717, 1.165) is 12.3 Å². The minimum absolute atomic E-state index is 0.00681. The Morgan fingerprint density at radius 2 is 1.72 bits per heavy atom. The van der Waals surface area contributed by atoms with Gasteiger partial charge in [-0.25, -0.2) is 17.6 Å². The van der Waals surface area contributed by atoms with Crippen LogP contribution in [0.2, 0.25) is 0 Å². The van der Waals surface area contributed by atoms with Gasteiger partial charge >= 0.3 is 5.97 Å². The van der Waals surface area contributed by atoms with E-state index < -0.39 is 33.7 Å². The number of hydrogen-bond donors (Lipinski definition) is 1. The van der Waals surface area contributed by atoms with Gasteiger partial charge in [-0.3, -0.25) is 9.52 Å². The van der Waals surface area contributed by atoms with Gasteiger partial charge in [-0.15, -0.1) is 0 Å². The fourth-order valence-electron chi connectivity index (χ4n) is 2.05. The van der Waals surface area contributed by atoms with Crippen molar-refractivity contribution in [3.63, 3.8) is 0 Å². The van der Waals surface area contributed by atoms with Crippen molar-refractivity contribution in [1.82, 2.24) is 0 Å². The summed E-state index contributed by atoms with van der Waals surface area (Å²) in [6, 6.07) is 10.7. The zero-order chi connectivity index (χ0) is 18.6. The molecule has 8 heteroatoms. The molecule has 2 aromatic carbocycles. The highest BCUT2D eigenvalue weighted by Gasteiger charge is 2.20. The van der Waals surface area contributed by atoms with Gasteiger partial charge in [0.2, 0.25) is 15.8 Å². The molecule has 6 nitrogen and oxygen atoms in total. The zero-order valence-electron chi connectivity index (χ0n) is 13.5. The van der Waals surface area contributed by atoms with E-state index in [9.17, 15) is 22.4 Å². The summed E-state index contributed by atoms with van der Waals surface area (Å²) in [6.45, 7) is 1.40. The lowest BCUT2D eigenvalue weighted by Crippen LogP contribution is -2.24. The first-order valence-corrected chi connectivity index (χ1v) is 9.13. The third kappa shape index (κ3) is 5.39. The van der Waals surface area contributed by atoms with E-state index in [2.05, 4.69) is 4.72 Å². The van der Waals surface area contributed by atoms with Gasteiger partial charge in [0, 0.05) is 11.3 Å². The summed E-state index contributed by atoms with van der Waals surface area (Å²) in [5.41, 5.74) is 0.564. The van der Waals surface area contributed by atoms with E-state index in [0.29, 0.717) is 5.69 Å². The number of halogens is 1. The van der Waals surface area contributed by atoms with Crippen LogP contribution in [0, 0.1) is 5.82 Å². The molecule has 0 saturated heterocycles. The summed E-state index contributed by atoms with van der Waals surface area (Å²) in [6.07, 6.45) is -0.0653. The van der Waals surface area contributed by atoms with E-state index in [1.165, 1.54) is 49.4 Å². The number of carbonyl (C=O) groups excluding carboxylic acids is 2. The fourth-order valence-corrected chi connectivity index (χ4v) is 2.61. The molecule has 0 unspecified atom stereocenters. The smallest absolute Gasteiger partial charge is 0.338 e. The predicted octanol–water partition coefficient (Wildman–Crippen LogP) is 2.63. The van der Waals surface area contributed by atoms with Gasteiger partial charge in [0.25, 0.3) is 0 Å². The maximum absolute atomic E-state index is 13.1. The predicted molar refractivity (Wildman–Crippen MR) is 90.5 cm³/mol. The molecule has 0 heterocycles. The molecule has 0 aliphatic carbocycles. The molecule has 25 heavy (non-hydrogen) atoms. The highest BCUT2D eigenvalue weighted by Crippen LogP contribution is 2.14. The first-order valence-electron chi connectivity index (χ1n) is 7.24. The summed E-state index contributed by atoms with van der Waals surface area (Å²) in [5.74, 6) is -1.85. The molecule has 2 rings (SSSR count). The van der Waals surface area contributed by atoms with Gasteiger partial charge in [0.05, 0.1) is 11.8 Å². The van der Waals surface area contributed by atoms with Crippen LogP contribution in [0.1, 0.15) is 27.6 Å². The van der Waals surface area contributed by atoms with Crippen molar-refractivity contribution < 1.29 is 27.1 Å². The molecule has 0 amide bonds. The van der Waals surface area contributed by atoms with Gasteiger partial charge < -0.3 is 4.74 Å². The first-order chi connectivity index (χ1) is 11.7. The zero-order valence-corrected chi connectivity index (χ0v) is 14.3. The minimum Gasteiger partial charge on any atom is -0.451 e. The van der Waals surface area contributed by atoms with Crippen LogP contribution in [0.3, 0.4) is 0 Å². The lowest BCUT2D eigenvalue weighted by atomic mass is 10.1. The second kappa shape index (κ2) is 7.43. The molecule has 0 radical (unpaired) electrons. The summed E-state index contributed by atoms with van der Waals surface area (Å²) >= 11 is 0. The molecule has 0 bridgehead atoms. The van der Waals surface area contributed by atoms with Crippen LogP contribution in [-0.2, 0) is 14.8 Å². The number of esters is 1. The fraction of sp³-hybridized carbons (Fsp3) is 0.176. The van der Waals surface area contributed by atoms with Crippen molar-refractivity contribution in [2.24, 2.45) is 0 Å². The standard InChI is InChI=1S/C17H16FNO5S/c1-11(24-17(21)13-4-3-5-14(18)10-13)16(20)12-6-8-15(9-7-12)19-25(2,22)23/h3-11,19H,1-2H3/t11-/m0/s1. The average Bonchev–Trinajstić information content (AvgIpc) is 2.53. The number of Topliss-reactive ketones (excluding diaryl/α,β-unsaturated/α-hetero) is 1. The number of ketones is 1. The van der Waals surface area contributed by atoms with E-state index in [1.54, 1.807) is 0 Å². The monoisotopic (exact) mass is 365 g/mol. The molecule has 0 saturated carbocycles. The van der Waals surface area contributed by atoms with Crippen LogP contribution in [-0.4, -0.2) is 32.5 Å². The summed E-state index contributed by atoms with van der Waals surface area (Å²) < 4.78 is 42.7. The number of sulfonamides is 1. The van der Waals surface area contributed by atoms with Crippen LogP contribution in [0.4, 0.5) is 10.1 Å². The second-order valence-electron chi connectivity index (χ2n) is 5.37. The molecule has 0 aromatic heterocycles. The Morgan fingerprint density at radius 1 is 1.08 bits per heavy atom. The van der Waals surface area contributed by atoms with Crippen LogP contribution >= 0.6 is 0 Å². The number of benzene rings is 2. The van der Waals surface area contributed by atoms with Crippen LogP contribution in [0.25, 0.3) is 0 Å². The molecular formula is C17H16FNO5S. The SMILES string of the molecule is C[C@H](OC(=O)c1cccc(F)c1)C(=O)c1ccc(NS(C)(=O)=O)cc1. The summed E-state index contributed by atoms with van der Waals surface area (Å²) in [7, 11) is -3.41. The lowest BCUT2D eigenvalue weighted by molar-refractivity contribution is 0.0318. The van der Waals surface area contributed by atoms with E-state index in [4.69, 9.17) is 4.74 Å². The second-order valence-corrected chi connectivity index (χ2v) is 7.12. The van der Waals surface area contributed by atoms with Crippen molar-refractivity contribution >= 4 is 27.5 Å². The summed E-state index contributed by atoms with van der Waals surface area (Å²) in [5, 5.41) is 0. The maximum Gasteiger partial charge on any atom is 0.338 e. The Morgan fingerprint density at radius 3 is 2.28 bits per heavy atom. The number of ether oxygens (including phenoxy) is 1. The summed E-state index contributed by atoms with van der Waals surface area (Å²) in [4.78, 5) is 24.2. The van der Waals surface area contributed by atoms with Crippen LogP contribution in [0.5, 0.6) is 0 Å². The van der Waals surface area contributed by atoms with Crippen molar-refractivity contribution in [1.29, 1.82) is 0 Å². The number of rotatable bonds is 6. The molecule has 0 aliphatic heterocycles. The Labute approximate surface area is 144 Å². The van der Waals surface area contributed by atoms with E-state index >= 15 is 0 Å². The van der Waals surface area contributed by atoms with Crippen molar-refractivity contribution in [3.05, 3.63) is 65.5 Å². The Balaban J connectivity index is 2.05. The van der Waals surface area contributed by atoms with E-state index in [-0.39, 0.29) is 11.1 Å². The number of hydrogen-bond acceptors (Lipinski definition) is 5. The van der Waals surface area contributed by atoms with Gasteiger partial charge in [0.1, 0.15) is 5.82 Å².